The van der Waals surface area contributed by atoms with Gasteiger partial charge in [-0.05, 0) is 77.3 Å². The molecule has 152 valence electrons. The predicted octanol–water partition coefficient (Wildman–Crippen LogP) is 4.52. The molecule has 3 heterocycles. The maximum Gasteiger partial charge on any atom is 0.141 e. The van der Waals surface area contributed by atoms with Crippen molar-refractivity contribution in [2.24, 2.45) is 5.41 Å². The minimum Gasteiger partial charge on any atom is -0.381 e. The van der Waals surface area contributed by atoms with Crippen molar-refractivity contribution in [1.82, 2.24) is 14.9 Å². The molecular formula is C23H32FN3O. The first-order valence-corrected chi connectivity index (χ1v) is 10.2. The first-order chi connectivity index (χ1) is 13.3. The standard InChI is InChI=1S/C23H32FN3O/c1-5-28-17-23(11-10-21-9-8-20(24)15-26-21)12-13-27(16-23)22(3,4)19-7-6-18(2)25-14-19/h6-9,14-15H,5,10-13,16-17H2,1-4H3/t23-/m1/s1. The highest BCUT2D eigenvalue weighted by molar-refractivity contribution is 5.22. The SMILES string of the molecule is CCOC[C@]1(CCc2ccc(F)cn2)CCN(C(C)(C)c2ccc(C)nc2)C1. The number of aryl methyl sites for hydroxylation is 2. The van der Waals surface area contributed by atoms with Crippen LogP contribution in [0.5, 0.6) is 0 Å². The second kappa shape index (κ2) is 8.66. The zero-order chi connectivity index (χ0) is 20.2. The van der Waals surface area contributed by atoms with Crippen LogP contribution < -0.4 is 0 Å². The molecule has 0 amide bonds. The van der Waals surface area contributed by atoms with Crippen LogP contribution in [-0.2, 0) is 16.7 Å². The molecule has 28 heavy (non-hydrogen) atoms. The van der Waals surface area contributed by atoms with Gasteiger partial charge in [0.1, 0.15) is 5.82 Å². The molecule has 4 nitrogen and oxygen atoms in total. The van der Waals surface area contributed by atoms with Crippen LogP contribution in [-0.4, -0.2) is 41.2 Å². The van der Waals surface area contributed by atoms with E-state index >= 15 is 0 Å². The summed E-state index contributed by atoms with van der Waals surface area (Å²) in [6.45, 7) is 12.1. The second-order valence-electron chi connectivity index (χ2n) is 8.52. The lowest BCUT2D eigenvalue weighted by molar-refractivity contribution is 0.0383. The van der Waals surface area contributed by atoms with Gasteiger partial charge in [-0.3, -0.25) is 14.9 Å². The first-order valence-electron chi connectivity index (χ1n) is 10.2. The lowest BCUT2D eigenvalue weighted by atomic mass is 9.82. The molecule has 0 aliphatic carbocycles. The second-order valence-corrected chi connectivity index (χ2v) is 8.52. The fraction of sp³-hybridized carbons (Fsp3) is 0.565. The third kappa shape index (κ3) is 4.76. The summed E-state index contributed by atoms with van der Waals surface area (Å²) in [4.78, 5) is 11.3. The molecular weight excluding hydrogens is 353 g/mol. The molecule has 0 radical (unpaired) electrons. The minimum atomic E-state index is -0.284. The Labute approximate surface area is 168 Å². The molecule has 1 saturated heterocycles. The van der Waals surface area contributed by atoms with E-state index in [0.717, 1.165) is 57.0 Å². The van der Waals surface area contributed by atoms with Gasteiger partial charge in [0.05, 0.1) is 12.8 Å². The van der Waals surface area contributed by atoms with E-state index in [2.05, 4.69) is 40.8 Å². The van der Waals surface area contributed by atoms with Gasteiger partial charge in [0.2, 0.25) is 0 Å². The van der Waals surface area contributed by atoms with Gasteiger partial charge in [-0.15, -0.1) is 0 Å². The molecule has 3 rings (SSSR count). The number of rotatable bonds is 8. The number of halogens is 1. The summed E-state index contributed by atoms with van der Waals surface area (Å²) in [5, 5.41) is 0. The van der Waals surface area contributed by atoms with E-state index in [-0.39, 0.29) is 16.8 Å². The molecule has 0 unspecified atom stereocenters. The fourth-order valence-electron chi connectivity index (χ4n) is 4.08. The van der Waals surface area contributed by atoms with Crippen molar-refractivity contribution >= 4 is 0 Å². The highest BCUT2D eigenvalue weighted by Gasteiger charge is 2.43. The number of pyridine rings is 2. The van der Waals surface area contributed by atoms with E-state index in [1.54, 1.807) is 6.07 Å². The van der Waals surface area contributed by atoms with Crippen molar-refractivity contribution in [2.75, 3.05) is 26.3 Å². The average Bonchev–Trinajstić information content (AvgIpc) is 3.12. The summed E-state index contributed by atoms with van der Waals surface area (Å²) >= 11 is 0. The van der Waals surface area contributed by atoms with Crippen LogP contribution in [0.3, 0.4) is 0 Å². The third-order valence-electron chi connectivity index (χ3n) is 6.16. The highest BCUT2D eigenvalue weighted by atomic mass is 19.1. The smallest absolute Gasteiger partial charge is 0.141 e. The molecule has 1 aliphatic rings. The molecule has 0 bridgehead atoms. The molecule has 0 spiro atoms. The summed E-state index contributed by atoms with van der Waals surface area (Å²) < 4.78 is 19.0. The van der Waals surface area contributed by atoms with E-state index in [1.807, 2.05) is 20.0 Å². The molecule has 2 aromatic rings. The van der Waals surface area contributed by atoms with E-state index in [4.69, 9.17) is 4.74 Å². The van der Waals surface area contributed by atoms with Gasteiger partial charge in [-0.25, -0.2) is 4.39 Å². The molecule has 5 heteroatoms. The Kier molecular flexibility index (Phi) is 6.46. The maximum atomic E-state index is 13.1. The van der Waals surface area contributed by atoms with Gasteiger partial charge in [0, 0.05) is 41.7 Å². The van der Waals surface area contributed by atoms with E-state index in [0.29, 0.717) is 0 Å². The number of likely N-dealkylation sites (tertiary alicyclic amines) is 1. The van der Waals surface area contributed by atoms with Gasteiger partial charge >= 0.3 is 0 Å². The summed E-state index contributed by atoms with van der Waals surface area (Å²) in [6, 6.07) is 7.55. The number of hydrogen-bond donors (Lipinski definition) is 0. The summed E-state index contributed by atoms with van der Waals surface area (Å²) in [6.07, 6.45) is 6.23. The van der Waals surface area contributed by atoms with Gasteiger partial charge in [0.25, 0.3) is 0 Å². The van der Waals surface area contributed by atoms with Crippen LogP contribution >= 0.6 is 0 Å². The maximum absolute atomic E-state index is 13.1. The molecule has 0 N–H and O–H groups in total. The minimum absolute atomic E-state index is 0.0806. The summed E-state index contributed by atoms with van der Waals surface area (Å²) in [5.74, 6) is -0.284. The number of aromatic nitrogens is 2. The highest BCUT2D eigenvalue weighted by Crippen LogP contribution is 2.41. The van der Waals surface area contributed by atoms with Gasteiger partial charge in [0.15, 0.2) is 0 Å². The van der Waals surface area contributed by atoms with Crippen LogP contribution in [0.25, 0.3) is 0 Å². The molecule has 1 aliphatic heterocycles. The molecule has 0 saturated carbocycles. The average molecular weight is 386 g/mol. The van der Waals surface area contributed by atoms with Crippen molar-refractivity contribution in [1.29, 1.82) is 0 Å². The zero-order valence-electron chi connectivity index (χ0n) is 17.5. The van der Waals surface area contributed by atoms with Crippen molar-refractivity contribution in [3.63, 3.8) is 0 Å². The normalized spacial score (nSPS) is 20.6. The Morgan fingerprint density at radius 3 is 2.64 bits per heavy atom. The van der Waals surface area contributed by atoms with Crippen LogP contribution in [0.4, 0.5) is 4.39 Å². The Morgan fingerprint density at radius 1 is 1.18 bits per heavy atom. The zero-order valence-corrected chi connectivity index (χ0v) is 17.5. The van der Waals surface area contributed by atoms with Gasteiger partial charge < -0.3 is 4.74 Å². The van der Waals surface area contributed by atoms with E-state index < -0.39 is 0 Å². The monoisotopic (exact) mass is 385 g/mol. The van der Waals surface area contributed by atoms with Gasteiger partial charge in [-0.2, -0.15) is 0 Å². The third-order valence-corrected chi connectivity index (χ3v) is 6.16. The molecule has 2 aromatic heterocycles. The predicted molar refractivity (Wildman–Crippen MR) is 110 cm³/mol. The fourth-order valence-corrected chi connectivity index (χ4v) is 4.08. The largest absolute Gasteiger partial charge is 0.381 e. The topological polar surface area (TPSA) is 38.2 Å². The van der Waals surface area contributed by atoms with Crippen molar-refractivity contribution < 1.29 is 9.13 Å². The van der Waals surface area contributed by atoms with Crippen molar-refractivity contribution in [2.45, 2.75) is 52.5 Å². The summed E-state index contributed by atoms with van der Waals surface area (Å²) in [7, 11) is 0. The van der Waals surface area contributed by atoms with E-state index in [1.165, 1.54) is 17.8 Å². The van der Waals surface area contributed by atoms with Crippen molar-refractivity contribution in [3.05, 3.63) is 59.4 Å². The number of hydrogen-bond acceptors (Lipinski definition) is 4. The van der Waals surface area contributed by atoms with Crippen LogP contribution in [0.1, 0.15) is 50.6 Å². The Balaban J connectivity index is 1.73. The quantitative estimate of drug-likeness (QED) is 0.670. The van der Waals surface area contributed by atoms with Crippen LogP contribution in [0.2, 0.25) is 0 Å². The van der Waals surface area contributed by atoms with E-state index in [9.17, 15) is 4.39 Å². The lowest BCUT2D eigenvalue weighted by Crippen LogP contribution is -2.42. The van der Waals surface area contributed by atoms with Crippen molar-refractivity contribution in [3.8, 4) is 0 Å². The Hall–Kier alpha value is -1.85. The Bertz CT molecular complexity index is 760. The summed E-state index contributed by atoms with van der Waals surface area (Å²) in [5.41, 5.74) is 3.24. The Morgan fingerprint density at radius 2 is 2.00 bits per heavy atom. The van der Waals surface area contributed by atoms with Gasteiger partial charge in [-0.1, -0.05) is 6.07 Å². The lowest BCUT2D eigenvalue weighted by Gasteiger charge is -2.38. The molecule has 1 fully saturated rings. The van der Waals surface area contributed by atoms with Crippen LogP contribution in [0.15, 0.2) is 36.7 Å². The molecule has 0 aromatic carbocycles. The number of nitrogens with zero attached hydrogens (tertiary/aromatic N) is 3. The molecule has 1 atom stereocenters. The van der Waals surface area contributed by atoms with Crippen LogP contribution in [0, 0.1) is 18.2 Å². The number of ether oxygens (including phenoxy) is 1. The first kappa shape index (κ1) is 20.9.